The van der Waals surface area contributed by atoms with Gasteiger partial charge >= 0.3 is 0 Å². The van der Waals surface area contributed by atoms with E-state index in [1.54, 1.807) is 14.2 Å². The maximum absolute atomic E-state index is 13.7. The molecule has 132 valence electrons. The number of amides is 1. The van der Waals surface area contributed by atoms with Gasteiger partial charge in [-0.1, -0.05) is 6.07 Å². The zero-order valence-corrected chi connectivity index (χ0v) is 14.1. The van der Waals surface area contributed by atoms with E-state index in [9.17, 15) is 13.6 Å². The number of benzene rings is 2. The van der Waals surface area contributed by atoms with Crippen molar-refractivity contribution in [1.29, 1.82) is 0 Å². The highest BCUT2D eigenvalue weighted by molar-refractivity contribution is 5.91. The lowest BCUT2D eigenvalue weighted by molar-refractivity contribution is -0.116. The first kappa shape index (κ1) is 17.2. The first-order valence-corrected chi connectivity index (χ1v) is 8.02. The molecule has 0 aliphatic heterocycles. The standard InChI is InChI=1S/C19H19F2NO3/c1-24-16-8-11-6-7-12(13(11)10-17(16)25-2)9-18(23)22-19-14(20)4-3-5-15(19)21/h3-5,8,10,12H,6-7,9H2,1-2H3,(H,22,23). The first-order chi connectivity index (χ1) is 12.0. The number of hydrogen-bond donors (Lipinski definition) is 1. The van der Waals surface area contributed by atoms with Gasteiger partial charge in [-0.15, -0.1) is 0 Å². The Kier molecular flexibility index (Phi) is 4.88. The molecular formula is C19H19F2NO3. The number of aryl methyl sites for hydroxylation is 1. The molecule has 4 nitrogen and oxygen atoms in total. The van der Waals surface area contributed by atoms with Crippen LogP contribution in [-0.4, -0.2) is 20.1 Å². The van der Waals surface area contributed by atoms with Crippen LogP contribution < -0.4 is 14.8 Å². The van der Waals surface area contributed by atoms with E-state index in [1.165, 1.54) is 6.07 Å². The third kappa shape index (κ3) is 3.43. The van der Waals surface area contributed by atoms with Crippen molar-refractivity contribution in [2.24, 2.45) is 0 Å². The van der Waals surface area contributed by atoms with Crippen molar-refractivity contribution in [3.05, 3.63) is 53.1 Å². The van der Waals surface area contributed by atoms with Gasteiger partial charge in [-0.25, -0.2) is 8.78 Å². The van der Waals surface area contributed by atoms with E-state index >= 15 is 0 Å². The molecule has 1 aliphatic carbocycles. The van der Waals surface area contributed by atoms with Crippen LogP contribution in [0.3, 0.4) is 0 Å². The minimum absolute atomic E-state index is 0.0235. The van der Waals surface area contributed by atoms with E-state index in [0.717, 1.165) is 36.1 Å². The highest BCUT2D eigenvalue weighted by Crippen LogP contribution is 2.41. The van der Waals surface area contributed by atoms with Gasteiger partial charge in [-0.3, -0.25) is 4.79 Å². The third-order valence-electron chi connectivity index (χ3n) is 4.51. The van der Waals surface area contributed by atoms with Crippen LogP contribution in [0.5, 0.6) is 11.5 Å². The van der Waals surface area contributed by atoms with E-state index in [0.29, 0.717) is 11.5 Å². The molecule has 0 fully saturated rings. The van der Waals surface area contributed by atoms with Gasteiger partial charge in [-0.2, -0.15) is 0 Å². The summed E-state index contributed by atoms with van der Waals surface area (Å²) in [5, 5.41) is 2.34. The second-order valence-corrected chi connectivity index (χ2v) is 5.99. The normalized spacial score (nSPS) is 15.6. The monoisotopic (exact) mass is 347 g/mol. The molecule has 1 unspecified atom stereocenters. The van der Waals surface area contributed by atoms with Gasteiger partial charge in [0.15, 0.2) is 11.5 Å². The van der Waals surface area contributed by atoms with Crippen LogP contribution in [0.25, 0.3) is 0 Å². The molecule has 0 spiro atoms. The van der Waals surface area contributed by atoms with Crippen molar-refractivity contribution in [3.8, 4) is 11.5 Å². The van der Waals surface area contributed by atoms with Gasteiger partial charge in [0.2, 0.25) is 5.91 Å². The fourth-order valence-corrected chi connectivity index (χ4v) is 3.26. The largest absolute Gasteiger partial charge is 0.493 e. The summed E-state index contributed by atoms with van der Waals surface area (Å²) in [7, 11) is 3.13. The Balaban J connectivity index is 1.76. The topological polar surface area (TPSA) is 47.6 Å². The molecule has 1 N–H and O–H groups in total. The van der Waals surface area contributed by atoms with Gasteiger partial charge in [0.05, 0.1) is 14.2 Å². The molecule has 3 rings (SSSR count). The Morgan fingerprint density at radius 1 is 1.16 bits per heavy atom. The Morgan fingerprint density at radius 2 is 1.80 bits per heavy atom. The summed E-state index contributed by atoms with van der Waals surface area (Å²) >= 11 is 0. The summed E-state index contributed by atoms with van der Waals surface area (Å²) in [5.74, 6) is -0.757. The van der Waals surface area contributed by atoms with Crippen molar-refractivity contribution in [2.75, 3.05) is 19.5 Å². The third-order valence-corrected chi connectivity index (χ3v) is 4.51. The lowest BCUT2D eigenvalue weighted by Gasteiger charge is -2.15. The number of methoxy groups -OCH3 is 2. The average molecular weight is 347 g/mol. The summed E-state index contributed by atoms with van der Waals surface area (Å²) < 4.78 is 37.9. The number of rotatable bonds is 5. The van der Waals surface area contributed by atoms with Crippen LogP contribution in [0.15, 0.2) is 30.3 Å². The molecule has 1 amide bonds. The maximum Gasteiger partial charge on any atom is 0.225 e. The number of carbonyl (C=O) groups is 1. The lowest BCUT2D eigenvalue weighted by atomic mass is 9.97. The Labute approximate surface area is 144 Å². The van der Waals surface area contributed by atoms with E-state index in [4.69, 9.17) is 9.47 Å². The van der Waals surface area contributed by atoms with Crippen molar-refractivity contribution < 1.29 is 23.0 Å². The summed E-state index contributed by atoms with van der Waals surface area (Å²) in [6, 6.07) is 7.28. The maximum atomic E-state index is 13.7. The summed E-state index contributed by atoms with van der Waals surface area (Å²) in [6.07, 6.45) is 1.76. The molecule has 0 saturated heterocycles. The molecule has 1 aliphatic rings. The van der Waals surface area contributed by atoms with Gasteiger partial charge in [0.25, 0.3) is 0 Å². The second-order valence-electron chi connectivity index (χ2n) is 5.99. The van der Waals surface area contributed by atoms with Crippen LogP contribution in [0.2, 0.25) is 0 Å². The molecule has 2 aromatic rings. The summed E-state index contributed by atoms with van der Waals surface area (Å²) in [6.45, 7) is 0. The number of hydrogen-bond acceptors (Lipinski definition) is 3. The molecule has 6 heteroatoms. The quantitative estimate of drug-likeness (QED) is 0.888. The fraction of sp³-hybridized carbons (Fsp3) is 0.316. The van der Waals surface area contributed by atoms with Crippen LogP contribution >= 0.6 is 0 Å². The molecule has 0 heterocycles. The van der Waals surface area contributed by atoms with Crippen LogP contribution in [0, 0.1) is 11.6 Å². The number of ether oxygens (including phenoxy) is 2. The summed E-state index contributed by atoms with van der Waals surface area (Å²) in [4.78, 5) is 12.3. The van der Waals surface area contributed by atoms with Crippen LogP contribution in [0.4, 0.5) is 14.5 Å². The van der Waals surface area contributed by atoms with E-state index in [-0.39, 0.29) is 12.3 Å². The SMILES string of the molecule is COc1cc2c(cc1OC)C(CC(=O)Nc1c(F)cccc1F)CC2. The minimum Gasteiger partial charge on any atom is -0.493 e. The molecular weight excluding hydrogens is 328 g/mol. The van der Waals surface area contributed by atoms with Gasteiger partial charge in [0.1, 0.15) is 17.3 Å². The van der Waals surface area contributed by atoms with Crippen molar-refractivity contribution in [3.63, 3.8) is 0 Å². The highest BCUT2D eigenvalue weighted by atomic mass is 19.1. The molecule has 0 saturated carbocycles. The minimum atomic E-state index is -0.786. The van der Waals surface area contributed by atoms with E-state index < -0.39 is 23.2 Å². The van der Waals surface area contributed by atoms with Crippen molar-refractivity contribution in [2.45, 2.75) is 25.2 Å². The molecule has 25 heavy (non-hydrogen) atoms. The van der Waals surface area contributed by atoms with Crippen molar-refractivity contribution in [1.82, 2.24) is 0 Å². The molecule has 1 atom stereocenters. The van der Waals surface area contributed by atoms with Gasteiger partial charge in [-0.05, 0) is 54.2 Å². The number of nitrogens with one attached hydrogen (secondary N) is 1. The first-order valence-electron chi connectivity index (χ1n) is 8.02. The molecule has 2 aromatic carbocycles. The number of para-hydroxylation sites is 1. The summed E-state index contributed by atoms with van der Waals surface area (Å²) in [5.41, 5.74) is 1.72. The number of carbonyl (C=O) groups excluding carboxylic acids is 1. The second kappa shape index (κ2) is 7.09. The zero-order chi connectivity index (χ0) is 18.0. The number of anilines is 1. The lowest BCUT2D eigenvalue weighted by Crippen LogP contribution is -2.16. The smallest absolute Gasteiger partial charge is 0.225 e. The fourth-order valence-electron chi connectivity index (χ4n) is 3.26. The molecule has 0 radical (unpaired) electrons. The Morgan fingerprint density at radius 3 is 2.44 bits per heavy atom. The van der Waals surface area contributed by atoms with E-state index in [2.05, 4.69) is 5.32 Å². The predicted molar refractivity (Wildman–Crippen MR) is 90.2 cm³/mol. The zero-order valence-electron chi connectivity index (χ0n) is 14.1. The van der Waals surface area contributed by atoms with Gasteiger partial charge < -0.3 is 14.8 Å². The van der Waals surface area contributed by atoms with Crippen LogP contribution in [0.1, 0.15) is 29.9 Å². The average Bonchev–Trinajstić information content (AvgIpc) is 2.98. The number of fused-ring (bicyclic) bond motifs is 1. The van der Waals surface area contributed by atoms with Crippen LogP contribution in [-0.2, 0) is 11.2 Å². The van der Waals surface area contributed by atoms with E-state index in [1.807, 2.05) is 12.1 Å². The molecule has 0 bridgehead atoms. The van der Waals surface area contributed by atoms with Gasteiger partial charge in [0, 0.05) is 6.42 Å². The Bertz CT molecular complexity index is 787. The van der Waals surface area contributed by atoms with Crippen molar-refractivity contribution >= 4 is 11.6 Å². The highest BCUT2D eigenvalue weighted by Gasteiger charge is 2.27. The Hall–Kier alpha value is -2.63. The molecule has 0 aromatic heterocycles. The number of halogens is 2. The predicted octanol–water partition coefficient (Wildman–Crippen LogP) is 4.04.